The molecule has 2 aromatic rings. The predicted molar refractivity (Wildman–Crippen MR) is 88.5 cm³/mol. The van der Waals surface area contributed by atoms with Crippen LogP contribution in [0, 0.1) is 0 Å². The topological polar surface area (TPSA) is 80.0 Å². The summed E-state index contributed by atoms with van der Waals surface area (Å²) in [6.07, 6.45) is 8.15. The van der Waals surface area contributed by atoms with Crippen molar-refractivity contribution in [2.24, 2.45) is 0 Å². The average molecular weight is 316 g/mol. The Balaban J connectivity index is 2.04. The number of hydrogen-bond acceptors (Lipinski definition) is 4. The van der Waals surface area contributed by atoms with Gasteiger partial charge in [0.1, 0.15) is 5.69 Å². The molecule has 2 heterocycles. The lowest BCUT2D eigenvalue weighted by Gasteiger charge is -2.27. The molecule has 0 aliphatic heterocycles. The van der Waals surface area contributed by atoms with E-state index in [4.69, 9.17) is 0 Å². The Morgan fingerprint density at radius 3 is 2.65 bits per heavy atom. The zero-order valence-corrected chi connectivity index (χ0v) is 13.7. The maximum atomic E-state index is 12.3. The molecule has 0 bridgehead atoms. The van der Waals surface area contributed by atoms with Crippen LogP contribution in [0.25, 0.3) is 5.69 Å². The van der Waals surface area contributed by atoms with Crippen molar-refractivity contribution in [3.05, 3.63) is 42.5 Å². The number of rotatable bonds is 8. The van der Waals surface area contributed by atoms with Gasteiger partial charge in [-0.2, -0.15) is 5.10 Å². The predicted octanol–water partition coefficient (Wildman–Crippen LogP) is 2.33. The standard InChI is InChI=1S/C17H24N4O2/c1-3-7-17(23,8-4-2)13-19-16(22)15-12-14(6-10-18-15)21-11-5-9-20-21/h5-6,9-12,23H,3-4,7-8,13H2,1-2H3,(H,19,22). The fourth-order valence-electron chi connectivity index (χ4n) is 2.68. The minimum Gasteiger partial charge on any atom is -0.388 e. The van der Waals surface area contributed by atoms with Crippen molar-refractivity contribution < 1.29 is 9.90 Å². The summed E-state index contributed by atoms with van der Waals surface area (Å²) < 4.78 is 1.67. The third-order valence-corrected chi connectivity index (χ3v) is 3.75. The molecule has 0 aliphatic carbocycles. The van der Waals surface area contributed by atoms with Gasteiger partial charge >= 0.3 is 0 Å². The average Bonchev–Trinajstić information content (AvgIpc) is 3.08. The number of carbonyl (C=O) groups is 1. The number of nitrogens with one attached hydrogen (secondary N) is 1. The van der Waals surface area contributed by atoms with Gasteiger partial charge in [0, 0.05) is 25.1 Å². The molecule has 0 aliphatic rings. The Bertz CT molecular complexity index is 619. The molecule has 23 heavy (non-hydrogen) atoms. The minimum atomic E-state index is -0.848. The van der Waals surface area contributed by atoms with Crippen molar-refractivity contribution in [3.8, 4) is 5.69 Å². The molecule has 2 aromatic heterocycles. The molecule has 0 aromatic carbocycles. The molecule has 6 heteroatoms. The van der Waals surface area contributed by atoms with Gasteiger partial charge in [-0.1, -0.05) is 26.7 Å². The van der Waals surface area contributed by atoms with E-state index in [0.29, 0.717) is 18.5 Å². The van der Waals surface area contributed by atoms with E-state index in [1.165, 1.54) is 0 Å². The second-order valence-corrected chi connectivity index (χ2v) is 5.76. The van der Waals surface area contributed by atoms with E-state index in [1.807, 2.05) is 19.9 Å². The second kappa shape index (κ2) is 7.87. The van der Waals surface area contributed by atoms with Crippen LogP contribution in [0.15, 0.2) is 36.8 Å². The SMILES string of the molecule is CCCC(O)(CCC)CNC(=O)c1cc(-n2cccn2)ccn1. The fourth-order valence-corrected chi connectivity index (χ4v) is 2.68. The van der Waals surface area contributed by atoms with Crippen LogP contribution in [0.1, 0.15) is 50.0 Å². The molecule has 6 nitrogen and oxygen atoms in total. The highest BCUT2D eigenvalue weighted by Gasteiger charge is 2.25. The molecule has 1 amide bonds. The van der Waals surface area contributed by atoms with Crippen molar-refractivity contribution in [1.82, 2.24) is 20.1 Å². The lowest BCUT2D eigenvalue weighted by Crippen LogP contribution is -2.43. The van der Waals surface area contributed by atoms with Gasteiger partial charge in [-0.15, -0.1) is 0 Å². The largest absolute Gasteiger partial charge is 0.388 e. The molecule has 0 fully saturated rings. The van der Waals surface area contributed by atoms with Crippen molar-refractivity contribution in [2.45, 2.75) is 45.1 Å². The summed E-state index contributed by atoms with van der Waals surface area (Å²) in [6.45, 7) is 4.29. The lowest BCUT2D eigenvalue weighted by molar-refractivity contribution is 0.0212. The van der Waals surface area contributed by atoms with E-state index in [-0.39, 0.29) is 12.5 Å². The van der Waals surface area contributed by atoms with Crippen LogP contribution < -0.4 is 5.32 Å². The first kappa shape index (κ1) is 17.1. The van der Waals surface area contributed by atoms with E-state index in [9.17, 15) is 9.90 Å². The normalized spacial score (nSPS) is 11.4. The summed E-state index contributed by atoms with van der Waals surface area (Å²) in [5.41, 5.74) is 0.236. The molecular weight excluding hydrogens is 292 g/mol. The Labute approximate surface area is 136 Å². The Hall–Kier alpha value is -2.21. The molecule has 0 unspecified atom stereocenters. The smallest absolute Gasteiger partial charge is 0.270 e. The lowest BCUT2D eigenvalue weighted by atomic mass is 9.92. The number of carbonyl (C=O) groups excluding carboxylic acids is 1. The molecular formula is C17H24N4O2. The number of nitrogens with zero attached hydrogens (tertiary/aromatic N) is 3. The summed E-state index contributed by atoms with van der Waals surface area (Å²) in [5.74, 6) is -0.287. The molecule has 0 radical (unpaired) electrons. The number of aromatic nitrogens is 3. The summed E-state index contributed by atoms with van der Waals surface area (Å²) >= 11 is 0. The van der Waals surface area contributed by atoms with Crippen molar-refractivity contribution >= 4 is 5.91 Å². The first-order valence-electron chi connectivity index (χ1n) is 8.04. The molecule has 0 saturated carbocycles. The van der Waals surface area contributed by atoms with Gasteiger partial charge in [-0.3, -0.25) is 9.78 Å². The zero-order chi connectivity index (χ0) is 16.7. The Morgan fingerprint density at radius 1 is 1.30 bits per heavy atom. The summed E-state index contributed by atoms with van der Waals surface area (Å²) in [4.78, 5) is 16.4. The second-order valence-electron chi connectivity index (χ2n) is 5.76. The highest BCUT2D eigenvalue weighted by molar-refractivity contribution is 5.92. The van der Waals surface area contributed by atoms with Crippen LogP contribution in [0.3, 0.4) is 0 Å². The van der Waals surface area contributed by atoms with E-state index < -0.39 is 5.60 Å². The van der Waals surface area contributed by atoms with Crippen molar-refractivity contribution in [1.29, 1.82) is 0 Å². The van der Waals surface area contributed by atoms with Gasteiger partial charge in [0.05, 0.1) is 11.3 Å². The highest BCUT2D eigenvalue weighted by Crippen LogP contribution is 2.18. The molecule has 0 atom stereocenters. The van der Waals surface area contributed by atoms with E-state index in [0.717, 1.165) is 18.5 Å². The van der Waals surface area contributed by atoms with Gasteiger partial charge < -0.3 is 10.4 Å². The van der Waals surface area contributed by atoms with Gasteiger partial charge in [-0.05, 0) is 31.0 Å². The van der Waals surface area contributed by atoms with Crippen LogP contribution in [0.4, 0.5) is 0 Å². The third-order valence-electron chi connectivity index (χ3n) is 3.75. The monoisotopic (exact) mass is 316 g/mol. The molecule has 2 rings (SSSR count). The summed E-state index contributed by atoms with van der Waals surface area (Å²) in [5, 5.41) is 17.5. The Morgan fingerprint density at radius 2 is 2.04 bits per heavy atom. The maximum absolute atomic E-state index is 12.3. The number of amides is 1. The number of hydrogen-bond donors (Lipinski definition) is 2. The van der Waals surface area contributed by atoms with Crippen LogP contribution >= 0.6 is 0 Å². The first-order chi connectivity index (χ1) is 11.1. The number of pyridine rings is 1. The quantitative estimate of drug-likeness (QED) is 0.783. The van der Waals surface area contributed by atoms with E-state index in [1.54, 1.807) is 35.4 Å². The zero-order valence-electron chi connectivity index (χ0n) is 13.7. The minimum absolute atomic E-state index is 0.237. The summed E-state index contributed by atoms with van der Waals surface area (Å²) in [6, 6.07) is 5.28. The number of aliphatic hydroxyl groups is 1. The fraction of sp³-hybridized carbons (Fsp3) is 0.471. The molecule has 124 valence electrons. The van der Waals surface area contributed by atoms with Gasteiger partial charge in [0.15, 0.2) is 0 Å². The van der Waals surface area contributed by atoms with E-state index in [2.05, 4.69) is 15.4 Å². The van der Waals surface area contributed by atoms with Crippen LogP contribution in [0.2, 0.25) is 0 Å². The van der Waals surface area contributed by atoms with Gasteiger partial charge in [-0.25, -0.2) is 4.68 Å². The maximum Gasteiger partial charge on any atom is 0.270 e. The van der Waals surface area contributed by atoms with E-state index >= 15 is 0 Å². The van der Waals surface area contributed by atoms with Crippen LogP contribution in [0.5, 0.6) is 0 Å². The first-order valence-corrected chi connectivity index (χ1v) is 8.04. The van der Waals surface area contributed by atoms with Gasteiger partial charge in [0.2, 0.25) is 0 Å². The summed E-state index contributed by atoms with van der Waals surface area (Å²) in [7, 11) is 0. The molecule has 0 spiro atoms. The molecule has 2 N–H and O–H groups in total. The van der Waals surface area contributed by atoms with Gasteiger partial charge in [0.25, 0.3) is 5.91 Å². The van der Waals surface area contributed by atoms with Crippen LogP contribution in [-0.4, -0.2) is 37.9 Å². The van der Waals surface area contributed by atoms with Crippen molar-refractivity contribution in [2.75, 3.05) is 6.54 Å². The Kier molecular flexibility index (Phi) is 5.87. The molecule has 0 saturated heterocycles. The third kappa shape index (κ3) is 4.63. The van der Waals surface area contributed by atoms with Crippen molar-refractivity contribution in [3.63, 3.8) is 0 Å². The highest BCUT2D eigenvalue weighted by atomic mass is 16.3. The van der Waals surface area contributed by atoms with Crippen LogP contribution in [-0.2, 0) is 0 Å².